The summed E-state index contributed by atoms with van der Waals surface area (Å²) >= 11 is 7.69. The zero-order valence-corrected chi connectivity index (χ0v) is 15.2. The Kier molecular flexibility index (Phi) is 5.79. The van der Waals surface area contributed by atoms with E-state index in [-0.39, 0.29) is 5.91 Å². The average Bonchev–Trinajstić information content (AvgIpc) is 3.22. The monoisotopic (exact) mass is 364 g/mol. The zero-order chi connectivity index (χ0) is 16.9. The lowest BCUT2D eigenvalue weighted by Crippen LogP contribution is -2.33. The first kappa shape index (κ1) is 17.3. The van der Waals surface area contributed by atoms with Crippen LogP contribution in [0.4, 0.5) is 0 Å². The SMILES string of the molecule is CCn1c(SCC(=O)NC2CCCC2)nnc1-c1ccccc1Cl. The number of benzene rings is 1. The molecule has 1 amide bonds. The quantitative estimate of drug-likeness (QED) is 0.792. The summed E-state index contributed by atoms with van der Waals surface area (Å²) in [4.78, 5) is 12.1. The van der Waals surface area contributed by atoms with Crippen LogP contribution in [-0.2, 0) is 11.3 Å². The van der Waals surface area contributed by atoms with E-state index in [2.05, 4.69) is 15.5 Å². The van der Waals surface area contributed by atoms with Crippen LogP contribution < -0.4 is 5.32 Å². The Hall–Kier alpha value is -1.53. The number of nitrogens with zero attached hydrogens (tertiary/aromatic N) is 3. The highest BCUT2D eigenvalue weighted by Gasteiger charge is 2.19. The smallest absolute Gasteiger partial charge is 0.230 e. The van der Waals surface area contributed by atoms with E-state index in [0.29, 0.717) is 16.8 Å². The van der Waals surface area contributed by atoms with Gasteiger partial charge in [-0.1, -0.05) is 48.3 Å². The van der Waals surface area contributed by atoms with E-state index in [0.717, 1.165) is 35.9 Å². The van der Waals surface area contributed by atoms with E-state index in [9.17, 15) is 4.79 Å². The number of carbonyl (C=O) groups excluding carboxylic acids is 1. The highest BCUT2D eigenvalue weighted by atomic mass is 35.5. The third-order valence-corrected chi connectivity index (χ3v) is 5.50. The van der Waals surface area contributed by atoms with Crippen LogP contribution in [0.1, 0.15) is 32.6 Å². The number of nitrogens with one attached hydrogen (secondary N) is 1. The molecule has 0 aliphatic heterocycles. The number of thioether (sulfide) groups is 1. The van der Waals surface area contributed by atoms with Gasteiger partial charge >= 0.3 is 0 Å². The maximum absolute atomic E-state index is 12.1. The van der Waals surface area contributed by atoms with Gasteiger partial charge in [0, 0.05) is 18.2 Å². The summed E-state index contributed by atoms with van der Waals surface area (Å²) in [6.45, 7) is 2.76. The fraction of sp³-hybridized carbons (Fsp3) is 0.471. The molecule has 0 spiro atoms. The van der Waals surface area contributed by atoms with Gasteiger partial charge in [-0.2, -0.15) is 0 Å². The van der Waals surface area contributed by atoms with E-state index in [4.69, 9.17) is 11.6 Å². The highest BCUT2D eigenvalue weighted by Crippen LogP contribution is 2.29. The van der Waals surface area contributed by atoms with Crippen molar-refractivity contribution < 1.29 is 4.79 Å². The number of carbonyl (C=O) groups is 1. The first-order chi connectivity index (χ1) is 11.7. The first-order valence-corrected chi connectivity index (χ1v) is 9.65. The molecular weight excluding hydrogens is 344 g/mol. The summed E-state index contributed by atoms with van der Waals surface area (Å²) < 4.78 is 1.99. The largest absolute Gasteiger partial charge is 0.353 e. The molecule has 1 aromatic carbocycles. The Morgan fingerprint density at radius 3 is 2.79 bits per heavy atom. The molecule has 7 heteroatoms. The third kappa shape index (κ3) is 3.92. The minimum Gasteiger partial charge on any atom is -0.353 e. The van der Waals surface area contributed by atoms with Crippen LogP contribution in [0.2, 0.25) is 5.02 Å². The lowest BCUT2D eigenvalue weighted by Gasteiger charge is -2.12. The van der Waals surface area contributed by atoms with Crippen molar-refractivity contribution in [3.63, 3.8) is 0 Å². The van der Waals surface area contributed by atoms with Crippen LogP contribution in [0.5, 0.6) is 0 Å². The second-order valence-electron chi connectivity index (χ2n) is 5.87. The second kappa shape index (κ2) is 8.03. The Morgan fingerprint density at radius 2 is 2.08 bits per heavy atom. The Balaban J connectivity index is 1.68. The summed E-state index contributed by atoms with van der Waals surface area (Å²) in [6, 6.07) is 7.94. The maximum atomic E-state index is 12.1. The summed E-state index contributed by atoms with van der Waals surface area (Å²) in [5, 5.41) is 13.0. The predicted molar refractivity (Wildman–Crippen MR) is 97.3 cm³/mol. The van der Waals surface area contributed by atoms with Crippen molar-refractivity contribution in [3.8, 4) is 11.4 Å². The van der Waals surface area contributed by atoms with Crippen molar-refractivity contribution in [2.24, 2.45) is 0 Å². The van der Waals surface area contributed by atoms with Crippen molar-refractivity contribution in [2.45, 2.75) is 50.4 Å². The fourth-order valence-electron chi connectivity index (χ4n) is 2.99. The van der Waals surface area contributed by atoms with Crippen molar-refractivity contribution >= 4 is 29.3 Å². The molecule has 0 unspecified atom stereocenters. The second-order valence-corrected chi connectivity index (χ2v) is 7.22. The molecule has 0 bridgehead atoms. The molecule has 2 aromatic rings. The van der Waals surface area contributed by atoms with E-state index >= 15 is 0 Å². The van der Waals surface area contributed by atoms with Gasteiger partial charge in [0.1, 0.15) is 0 Å². The lowest BCUT2D eigenvalue weighted by atomic mass is 10.2. The summed E-state index contributed by atoms with van der Waals surface area (Å²) in [5.74, 6) is 1.16. The molecule has 0 saturated heterocycles. The number of amides is 1. The van der Waals surface area contributed by atoms with Gasteiger partial charge in [-0.05, 0) is 31.9 Å². The van der Waals surface area contributed by atoms with Gasteiger partial charge in [0.05, 0.1) is 10.8 Å². The van der Waals surface area contributed by atoms with Gasteiger partial charge in [-0.3, -0.25) is 4.79 Å². The van der Waals surface area contributed by atoms with Crippen LogP contribution in [0.3, 0.4) is 0 Å². The van der Waals surface area contributed by atoms with Gasteiger partial charge in [-0.25, -0.2) is 0 Å². The van der Waals surface area contributed by atoms with Gasteiger partial charge in [0.25, 0.3) is 0 Å². The standard InChI is InChI=1S/C17H21ClN4OS/c1-2-22-16(13-9-5-6-10-14(13)18)20-21-17(22)24-11-15(23)19-12-7-3-4-8-12/h5-6,9-10,12H,2-4,7-8,11H2,1H3,(H,19,23). The molecule has 1 saturated carbocycles. The van der Waals surface area contributed by atoms with Gasteiger partial charge in [-0.15, -0.1) is 10.2 Å². The molecule has 1 aliphatic carbocycles. The van der Waals surface area contributed by atoms with Crippen molar-refractivity contribution in [1.29, 1.82) is 0 Å². The Morgan fingerprint density at radius 1 is 1.33 bits per heavy atom. The van der Waals surface area contributed by atoms with Crippen LogP contribution in [-0.4, -0.2) is 32.5 Å². The molecule has 3 rings (SSSR count). The van der Waals surface area contributed by atoms with Crippen molar-refractivity contribution in [1.82, 2.24) is 20.1 Å². The number of aromatic nitrogens is 3. The molecule has 128 valence electrons. The lowest BCUT2D eigenvalue weighted by molar-refractivity contribution is -0.119. The fourth-order valence-corrected chi connectivity index (χ4v) is 4.03. The summed E-state index contributed by atoms with van der Waals surface area (Å²) in [5.41, 5.74) is 0.857. The number of hydrogen-bond donors (Lipinski definition) is 1. The molecular formula is C17H21ClN4OS. The Labute approximate surface area is 151 Å². The van der Waals surface area contributed by atoms with Gasteiger partial charge in [0.15, 0.2) is 11.0 Å². The number of halogens is 1. The molecule has 1 aliphatic rings. The van der Waals surface area contributed by atoms with Gasteiger partial charge in [0.2, 0.25) is 5.91 Å². The normalized spacial score (nSPS) is 14.9. The predicted octanol–water partition coefficient (Wildman–Crippen LogP) is 3.77. The summed E-state index contributed by atoms with van der Waals surface area (Å²) in [6.07, 6.45) is 4.61. The number of rotatable bonds is 6. The molecule has 5 nitrogen and oxygen atoms in total. The molecule has 0 atom stereocenters. The van der Waals surface area contributed by atoms with Crippen LogP contribution >= 0.6 is 23.4 Å². The van der Waals surface area contributed by atoms with E-state index in [1.807, 2.05) is 35.8 Å². The minimum atomic E-state index is 0.0665. The zero-order valence-electron chi connectivity index (χ0n) is 13.7. The molecule has 1 N–H and O–H groups in total. The van der Waals surface area contributed by atoms with Crippen molar-refractivity contribution in [2.75, 3.05) is 5.75 Å². The molecule has 1 aromatic heterocycles. The molecule has 24 heavy (non-hydrogen) atoms. The maximum Gasteiger partial charge on any atom is 0.230 e. The van der Waals surface area contributed by atoms with E-state index in [1.54, 1.807) is 0 Å². The highest BCUT2D eigenvalue weighted by molar-refractivity contribution is 7.99. The average molecular weight is 365 g/mol. The van der Waals surface area contributed by atoms with E-state index in [1.165, 1.54) is 24.6 Å². The molecule has 1 fully saturated rings. The van der Waals surface area contributed by atoms with Gasteiger partial charge < -0.3 is 9.88 Å². The first-order valence-electron chi connectivity index (χ1n) is 8.29. The van der Waals surface area contributed by atoms with Crippen LogP contribution in [0.15, 0.2) is 29.4 Å². The topological polar surface area (TPSA) is 59.8 Å². The number of hydrogen-bond acceptors (Lipinski definition) is 4. The Bertz CT molecular complexity index is 712. The third-order valence-electron chi connectivity index (χ3n) is 4.20. The van der Waals surface area contributed by atoms with Crippen LogP contribution in [0.25, 0.3) is 11.4 Å². The summed E-state index contributed by atoms with van der Waals surface area (Å²) in [7, 11) is 0. The van der Waals surface area contributed by atoms with E-state index < -0.39 is 0 Å². The van der Waals surface area contributed by atoms with Crippen LogP contribution in [0, 0.1) is 0 Å². The van der Waals surface area contributed by atoms with Crippen molar-refractivity contribution in [3.05, 3.63) is 29.3 Å². The molecule has 0 radical (unpaired) electrons. The minimum absolute atomic E-state index is 0.0665. The molecule has 1 heterocycles.